The van der Waals surface area contributed by atoms with Gasteiger partial charge in [0, 0.05) is 25.2 Å². The Balaban J connectivity index is 2.72. The van der Waals surface area contributed by atoms with Crippen LogP contribution in [0.2, 0.25) is 0 Å². The highest BCUT2D eigenvalue weighted by atomic mass is 35.5. The van der Waals surface area contributed by atoms with Gasteiger partial charge >= 0.3 is 5.97 Å². The highest BCUT2D eigenvalue weighted by Crippen LogP contribution is 2.50. The summed E-state index contributed by atoms with van der Waals surface area (Å²) in [5.74, 6) is 0.251. The highest BCUT2D eigenvalue weighted by molar-refractivity contribution is 6.26. The highest BCUT2D eigenvalue weighted by Gasteiger charge is 2.52. The van der Waals surface area contributed by atoms with Crippen molar-refractivity contribution in [3.8, 4) is 0 Å². The van der Waals surface area contributed by atoms with E-state index in [1.807, 2.05) is 24.3 Å². The van der Waals surface area contributed by atoms with E-state index in [9.17, 15) is 4.79 Å². The number of methoxy groups -OCH3 is 3. The van der Waals surface area contributed by atoms with Crippen molar-refractivity contribution in [3.63, 3.8) is 0 Å². The summed E-state index contributed by atoms with van der Waals surface area (Å²) >= 11 is 6.57. The lowest BCUT2D eigenvalue weighted by atomic mass is 9.89. The maximum absolute atomic E-state index is 11.4. The second-order valence-electron chi connectivity index (χ2n) is 4.49. The molecule has 5 nitrogen and oxygen atoms in total. The van der Waals surface area contributed by atoms with E-state index in [4.69, 9.17) is 30.5 Å². The lowest BCUT2D eigenvalue weighted by Gasteiger charge is -2.39. The molecule has 1 aliphatic rings. The van der Waals surface area contributed by atoms with Crippen LogP contribution in [0.15, 0.2) is 30.0 Å². The van der Waals surface area contributed by atoms with Crippen LogP contribution in [0, 0.1) is 0 Å². The van der Waals surface area contributed by atoms with Crippen molar-refractivity contribution in [2.45, 2.75) is 18.1 Å². The number of carbonyl (C=O) groups is 1. The summed E-state index contributed by atoms with van der Waals surface area (Å²) < 4.78 is 21.6. The number of alkyl halides is 1. The standard InChI is InChI=1S/C15H17ClO5/c1-9(17)21-13-11-8-6-5-7-10(11)12(18-2)14(19-3)15(13,16)20-4/h5-8,13H,1-4H3. The number of benzene rings is 1. The monoisotopic (exact) mass is 312 g/mol. The van der Waals surface area contributed by atoms with Gasteiger partial charge < -0.3 is 18.9 Å². The Morgan fingerprint density at radius 3 is 2.38 bits per heavy atom. The number of halogens is 1. The Labute approximate surface area is 128 Å². The molecule has 0 aromatic heterocycles. The molecular formula is C15H17ClO5. The molecule has 6 heteroatoms. The fourth-order valence-corrected chi connectivity index (χ4v) is 2.79. The molecule has 0 spiro atoms. The third kappa shape index (κ3) is 2.47. The van der Waals surface area contributed by atoms with Gasteiger partial charge in [-0.2, -0.15) is 0 Å². The van der Waals surface area contributed by atoms with Gasteiger partial charge in [0.05, 0.1) is 14.2 Å². The topological polar surface area (TPSA) is 54.0 Å². The van der Waals surface area contributed by atoms with Crippen LogP contribution in [0.1, 0.15) is 24.2 Å². The van der Waals surface area contributed by atoms with E-state index < -0.39 is 17.1 Å². The van der Waals surface area contributed by atoms with Gasteiger partial charge in [-0.05, 0) is 0 Å². The van der Waals surface area contributed by atoms with E-state index in [-0.39, 0.29) is 5.76 Å². The number of hydrogen-bond donors (Lipinski definition) is 0. The van der Waals surface area contributed by atoms with Crippen molar-refractivity contribution in [1.29, 1.82) is 0 Å². The summed E-state index contributed by atoms with van der Waals surface area (Å²) in [6, 6.07) is 7.33. The van der Waals surface area contributed by atoms with Crippen molar-refractivity contribution >= 4 is 23.3 Å². The zero-order valence-corrected chi connectivity index (χ0v) is 13.1. The molecule has 2 atom stereocenters. The predicted octanol–water partition coefficient (Wildman–Crippen LogP) is 2.85. The summed E-state index contributed by atoms with van der Waals surface area (Å²) in [7, 11) is 4.40. The number of fused-ring (bicyclic) bond motifs is 1. The molecule has 1 aromatic rings. The molecule has 0 N–H and O–H groups in total. The number of carbonyl (C=O) groups excluding carboxylic acids is 1. The van der Waals surface area contributed by atoms with E-state index in [1.54, 1.807) is 0 Å². The SMILES string of the molecule is COC1=C(OC)C(Cl)(OC)C(OC(C)=O)c2ccccc21. The molecule has 0 fully saturated rings. The van der Waals surface area contributed by atoms with E-state index in [0.717, 1.165) is 5.56 Å². The molecule has 21 heavy (non-hydrogen) atoms. The molecule has 2 rings (SSSR count). The quantitative estimate of drug-likeness (QED) is 0.632. The van der Waals surface area contributed by atoms with E-state index >= 15 is 0 Å². The lowest BCUT2D eigenvalue weighted by molar-refractivity contribution is -0.158. The van der Waals surface area contributed by atoms with Crippen LogP contribution >= 0.6 is 11.6 Å². The van der Waals surface area contributed by atoms with Gasteiger partial charge in [0.25, 0.3) is 0 Å². The number of esters is 1. The van der Waals surface area contributed by atoms with Crippen LogP contribution in [0.5, 0.6) is 0 Å². The Hall–Kier alpha value is -1.72. The smallest absolute Gasteiger partial charge is 0.303 e. The molecule has 1 aliphatic carbocycles. The first kappa shape index (κ1) is 15.7. The first-order chi connectivity index (χ1) is 9.99. The van der Waals surface area contributed by atoms with Gasteiger partial charge in [-0.1, -0.05) is 35.9 Å². The van der Waals surface area contributed by atoms with Crippen LogP contribution in [0.3, 0.4) is 0 Å². The molecular weight excluding hydrogens is 296 g/mol. The molecule has 1 aromatic carbocycles. The molecule has 0 radical (unpaired) electrons. The molecule has 0 bridgehead atoms. The first-order valence-electron chi connectivity index (χ1n) is 6.32. The van der Waals surface area contributed by atoms with Crippen LogP contribution < -0.4 is 0 Å². The summed E-state index contributed by atoms with van der Waals surface area (Å²) in [5, 5.41) is -1.49. The number of ether oxygens (including phenoxy) is 4. The molecule has 0 saturated heterocycles. The van der Waals surface area contributed by atoms with Gasteiger partial charge in [-0.15, -0.1) is 0 Å². The third-order valence-electron chi connectivity index (χ3n) is 3.33. The molecule has 2 unspecified atom stereocenters. The van der Waals surface area contributed by atoms with E-state index in [2.05, 4.69) is 0 Å². The second kappa shape index (κ2) is 5.95. The minimum Gasteiger partial charge on any atom is -0.493 e. The predicted molar refractivity (Wildman–Crippen MR) is 77.5 cm³/mol. The van der Waals surface area contributed by atoms with E-state index in [0.29, 0.717) is 11.3 Å². The van der Waals surface area contributed by atoms with Gasteiger partial charge in [-0.25, -0.2) is 0 Å². The minimum absolute atomic E-state index is 0.263. The average Bonchev–Trinajstić information content (AvgIpc) is 2.49. The molecule has 114 valence electrons. The zero-order chi connectivity index (χ0) is 15.6. The Kier molecular flexibility index (Phi) is 4.44. The maximum atomic E-state index is 11.4. The second-order valence-corrected chi connectivity index (χ2v) is 5.05. The van der Waals surface area contributed by atoms with Crippen LogP contribution in [-0.4, -0.2) is 32.4 Å². The van der Waals surface area contributed by atoms with Crippen LogP contribution in [-0.2, 0) is 23.7 Å². The largest absolute Gasteiger partial charge is 0.493 e. The zero-order valence-electron chi connectivity index (χ0n) is 12.3. The number of hydrogen-bond acceptors (Lipinski definition) is 5. The van der Waals surface area contributed by atoms with Crippen molar-refractivity contribution in [1.82, 2.24) is 0 Å². The van der Waals surface area contributed by atoms with E-state index in [1.165, 1.54) is 28.3 Å². The molecule has 0 saturated carbocycles. The summed E-state index contributed by atoms with van der Waals surface area (Å²) in [4.78, 5) is 11.4. The average molecular weight is 313 g/mol. The van der Waals surface area contributed by atoms with Crippen LogP contribution in [0.25, 0.3) is 5.76 Å². The Morgan fingerprint density at radius 2 is 1.86 bits per heavy atom. The maximum Gasteiger partial charge on any atom is 0.303 e. The Bertz CT molecular complexity index is 583. The van der Waals surface area contributed by atoms with Crippen molar-refractivity contribution in [3.05, 3.63) is 41.2 Å². The fraction of sp³-hybridized carbons (Fsp3) is 0.400. The van der Waals surface area contributed by atoms with Crippen molar-refractivity contribution in [2.24, 2.45) is 0 Å². The van der Waals surface area contributed by atoms with Gasteiger partial charge in [-0.3, -0.25) is 4.79 Å². The molecule has 0 aliphatic heterocycles. The third-order valence-corrected chi connectivity index (χ3v) is 3.85. The summed E-state index contributed by atoms with van der Waals surface area (Å²) in [5.41, 5.74) is 1.44. The lowest BCUT2D eigenvalue weighted by Crippen LogP contribution is -2.41. The fourth-order valence-electron chi connectivity index (χ4n) is 2.47. The van der Waals surface area contributed by atoms with Crippen LogP contribution in [0.4, 0.5) is 0 Å². The minimum atomic E-state index is -1.49. The summed E-state index contributed by atoms with van der Waals surface area (Å²) in [6.07, 6.45) is -0.841. The van der Waals surface area contributed by atoms with Crippen molar-refractivity contribution < 1.29 is 23.7 Å². The molecule has 0 amide bonds. The summed E-state index contributed by atoms with van der Waals surface area (Å²) in [6.45, 7) is 1.32. The Morgan fingerprint density at radius 1 is 1.19 bits per heavy atom. The van der Waals surface area contributed by atoms with Gasteiger partial charge in [0.2, 0.25) is 5.06 Å². The number of rotatable bonds is 4. The molecule has 0 heterocycles. The van der Waals surface area contributed by atoms with Crippen molar-refractivity contribution in [2.75, 3.05) is 21.3 Å². The first-order valence-corrected chi connectivity index (χ1v) is 6.70. The normalized spacial score (nSPS) is 24.3. The van der Waals surface area contributed by atoms with Gasteiger partial charge in [0.1, 0.15) is 0 Å². The van der Waals surface area contributed by atoms with Gasteiger partial charge in [0.15, 0.2) is 17.6 Å².